The maximum absolute atomic E-state index is 1.68. The smallest absolute Gasteiger partial charge is 0.0312 e. The van der Waals surface area contributed by atoms with Crippen LogP contribution in [-0.4, -0.2) is 0 Å². The van der Waals surface area contributed by atoms with Gasteiger partial charge < -0.3 is 0 Å². The Labute approximate surface area is 280 Å². The molecule has 15 aliphatic rings. The SMILES string of the molecule is C12C3C4C1C1C2C3C41.C1C2C3CC4C5CC3C1C5C24.C1CCCC1.C1CCCCC1.C1CCCCCC1.C1CCCCCCC1. The van der Waals surface area contributed by atoms with E-state index in [1.807, 2.05) is 0 Å². The van der Waals surface area contributed by atoms with Gasteiger partial charge >= 0.3 is 0 Å². The van der Waals surface area contributed by atoms with E-state index < -0.39 is 0 Å². The molecule has 2 bridgehead atoms. The van der Waals surface area contributed by atoms with Gasteiger partial charge in [-0.25, -0.2) is 0 Å². The fraction of sp³-hybridized carbons (Fsp3) is 1.00. The predicted molar refractivity (Wildman–Crippen MR) is 190 cm³/mol. The third-order valence-electron chi connectivity index (χ3n) is 18.1. The molecule has 15 saturated carbocycles. The summed E-state index contributed by atoms with van der Waals surface area (Å²) in [6.45, 7) is 0. The van der Waals surface area contributed by atoms with E-state index in [2.05, 4.69) is 0 Å². The van der Waals surface area contributed by atoms with Crippen LogP contribution in [0.5, 0.6) is 0 Å². The van der Waals surface area contributed by atoms with Crippen molar-refractivity contribution >= 4 is 0 Å². The Balaban J connectivity index is 0.0000000766. The lowest BCUT2D eigenvalue weighted by atomic mass is 9.01. The van der Waals surface area contributed by atoms with Crippen LogP contribution in [0.2, 0.25) is 0 Å². The summed E-state index contributed by atoms with van der Waals surface area (Å²) in [5.74, 6) is 20.8. The van der Waals surface area contributed by atoms with Crippen LogP contribution in [0, 0.1) is 94.7 Å². The van der Waals surface area contributed by atoms with Crippen molar-refractivity contribution in [3.63, 3.8) is 0 Å². The normalized spacial score (nSPS) is 53.9. The second-order valence-electron chi connectivity index (χ2n) is 19.7. The highest BCUT2D eigenvalue weighted by Gasteiger charge is 2.97. The van der Waals surface area contributed by atoms with Crippen molar-refractivity contribution in [2.75, 3.05) is 0 Å². The average Bonchev–Trinajstić information content (AvgIpc) is 3.81. The molecule has 0 aromatic rings. The quantitative estimate of drug-likeness (QED) is 0.238. The summed E-state index contributed by atoms with van der Waals surface area (Å²) in [5.41, 5.74) is 0. The van der Waals surface area contributed by atoms with E-state index in [1.165, 1.54) is 262 Å². The van der Waals surface area contributed by atoms with E-state index in [-0.39, 0.29) is 0 Å². The molecule has 0 spiro atoms. The third kappa shape index (κ3) is 5.21. The number of hydrogen-bond acceptors (Lipinski definition) is 0. The van der Waals surface area contributed by atoms with Crippen LogP contribution in [0.1, 0.15) is 186 Å². The first-order chi connectivity index (χ1) is 22.4. The second kappa shape index (κ2) is 13.7. The topological polar surface area (TPSA) is 0 Å². The zero-order valence-corrected chi connectivity index (χ0v) is 29.7. The van der Waals surface area contributed by atoms with Crippen molar-refractivity contribution in [3.05, 3.63) is 0 Å². The lowest BCUT2D eigenvalue weighted by Crippen LogP contribution is -3.00. The molecule has 8 atom stereocenters. The van der Waals surface area contributed by atoms with Gasteiger partial charge in [-0.05, 0) is 114 Å². The first kappa shape index (κ1) is 31.0. The molecule has 8 unspecified atom stereocenters. The van der Waals surface area contributed by atoms with Crippen molar-refractivity contribution in [2.24, 2.45) is 94.7 Å². The maximum atomic E-state index is 1.68. The van der Waals surface area contributed by atoms with E-state index in [4.69, 9.17) is 0 Å². The summed E-state index contributed by atoms with van der Waals surface area (Å²) < 4.78 is 0. The second-order valence-corrected chi connectivity index (χ2v) is 19.7. The van der Waals surface area contributed by atoms with Gasteiger partial charge in [-0.15, -0.1) is 0 Å². The summed E-state index contributed by atoms with van der Waals surface area (Å²) in [4.78, 5) is 0. The molecule has 0 saturated heterocycles. The van der Waals surface area contributed by atoms with Crippen LogP contribution in [0.3, 0.4) is 0 Å². The Morgan fingerprint density at radius 2 is 0.267 bits per heavy atom. The lowest BCUT2D eigenvalue weighted by molar-refractivity contribution is -0.565. The molecular weight excluding hydrogens is 540 g/mol. The van der Waals surface area contributed by atoms with E-state index in [9.17, 15) is 0 Å². The van der Waals surface area contributed by atoms with Gasteiger partial charge in [0.1, 0.15) is 0 Å². The molecule has 0 N–H and O–H groups in total. The molecule has 15 rings (SSSR count). The molecule has 0 aromatic carbocycles. The number of hydrogen-bond donors (Lipinski definition) is 0. The standard InChI is InChI=1S/C11H14.C8H8.C8H16.C7H14.C6H12.C5H10/c1-4-5-2-9-8(1)10-6(4)3-7(5)11(9)10;1-2-5-3(1)7-4(1)6(2)8(5)7;1-2-4-6-8-7-5-3-1;1-2-4-6-7-5-3-1;1-2-4-6-5-3-1;1-2-4-5-3-1/h4-11H,1-3H2;1-8H;1-8H2;1-7H2;1-6H2;1-5H2. The predicted octanol–water partition coefficient (Wildman–Crippen LogP) is 13.3. The van der Waals surface area contributed by atoms with Crippen LogP contribution in [-0.2, 0) is 0 Å². The van der Waals surface area contributed by atoms with Crippen LogP contribution >= 0.6 is 0 Å². The van der Waals surface area contributed by atoms with Gasteiger partial charge in [0.25, 0.3) is 0 Å². The molecule has 0 heteroatoms. The minimum absolute atomic E-state index is 1.25. The zero-order chi connectivity index (χ0) is 29.7. The summed E-state index contributed by atoms with van der Waals surface area (Å²) in [7, 11) is 0. The zero-order valence-electron chi connectivity index (χ0n) is 29.7. The lowest BCUT2D eigenvalue weighted by Gasteiger charge is -3.03. The van der Waals surface area contributed by atoms with Crippen LogP contribution in [0.15, 0.2) is 0 Å². The van der Waals surface area contributed by atoms with E-state index >= 15 is 0 Å². The summed E-state index contributed by atoms with van der Waals surface area (Å²) in [5, 5.41) is 0. The summed E-state index contributed by atoms with van der Waals surface area (Å²) in [6, 6.07) is 0. The van der Waals surface area contributed by atoms with E-state index in [0.717, 1.165) is 0 Å². The summed E-state index contributed by atoms with van der Waals surface area (Å²) >= 11 is 0. The molecule has 0 radical (unpaired) electrons. The fourth-order valence-electron chi connectivity index (χ4n) is 16.3. The molecule has 15 fully saturated rings. The van der Waals surface area contributed by atoms with Gasteiger partial charge in [0.15, 0.2) is 0 Å². The highest BCUT2D eigenvalue weighted by atomic mass is 15.0. The van der Waals surface area contributed by atoms with Crippen LogP contribution < -0.4 is 0 Å². The fourth-order valence-corrected chi connectivity index (χ4v) is 16.3. The Bertz CT molecular complexity index is 729. The van der Waals surface area contributed by atoms with Gasteiger partial charge in [0.05, 0.1) is 0 Å². The van der Waals surface area contributed by atoms with E-state index in [0.29, 0.717) is 0 Å². The van der Waals surface area contributed by atoms with Gasteiger partial charge in [0.2, 0.25) is 0 Å². The summed E-state index contributed by atoms with van der Waals surface area (Å²) in [6.07, 6.45) is 44.0. The molecular formula is C45H74. The highest BCUT2D eigenvalue weighted by molar-refractivity contribution is 5.44. The molecule has 45 heavy (non-hydrogen) atoms. The van der Waals surface area contributed by atoms with Crippen molar-refractivity contribution in [1.29, 1.82) is 0 Å². The molecule has 0 amide bonds. The highest BCUT2D eigenvalue weighted by Crippen LogP contribution is 3.00. The Kier molecular flexibility index (Phi) is 9.46. The molecule has 254 valence electrons. The van der Waals surface area contributed by atoms with Crippen LogP contribution in [0.25, 0.3) is 0 Å². The molecule has 0 heterocycles. The third-order valence-corrected chi connectivity index (χ3v) is 18.1. The average molecular weight is 615 g/mol. The molecule has 0 aromatic heterocycles. The van der Waals surface area contributed by atoms with Gasteiger partial charge in [-0.3, -0.25) is 0 Å². The van der Waals surface area contributed by atoms with E-state index in [1.54, 1.807) is 19.3 Å². The number of fused-ring (bicyclic) bond motifs is 2. The largest absolute Gasteiger partial charge is 0.0533 e. The van der Waals surface area contributed by atoms with Crippen molar-refractivity contribution < 1.29 is 0 Å². The Morgan fingerprint density at radius 1 is 0.133 bits per heavy atom. The van der Waals surface area contributed by atoms with Gasteiger partial charge in [-0.1, -0.05) is 167 Å². The van der Waals surface area contributed by atoms with Gasteiger partial charge in [0, 0.05) is 0 Å². The van der Waals surface area contributed by atoms with Crippen molar-refractivity contribution in [1.82, 2.24) is 0 Å². The molecule has 0 aliphatic heterocycles. The van der Waals surface area contributed by atoms with Gasteiger partial charge in [-0.2, -0.15) is 0 Å². The first-order valence-electron chi connectivity index (χ1n) is 22.4. The van der Waals surface area contributed by atoms with Crippen molar-refractivity contribution in [3.8, 4) is 0 Å². The maximum Gasteiger partial charge on any atom is -0.0312 e. The van der Waals surface area contributed by atoms with Crippen LogP contribution in [0.4, 0.5) is 0 Å². The monoisotopic (exact) mass is 615 g/mol. The Hall–Kier alpha value is 0. The molecule has 15 aliphatic carbocycles. The number of rotatable bonds is 0. The Morgan fingerprint density at radius 3 is 0.444 bits per heavy atom. The molecule has 0 nitrogen and oxygen atoms in total. The minimum Gasteiger partial charge on any atom is -0.0533 e. The minimum atomic E-state index is 1.25. The first-order valence-corrected chi connectivity index (χ1v) is 22.4. The van der Waals surface area contributed by atoms with Crippen molar-refractivity contribution in [2.45, 2.75) is 186 Å².